The van der Waals surface area contributed by atoms with Crippen molar-refractivity contribution in [3.8, 4) is 0 Å². The van der Waals surface area contributed by atoms with E-state index in [1.54, 1.807) is 5.57 Å². The van der Waals surface area contributed by atoms with Gasteiger partial charge in [-0.2, -0.15) is 0 Å². The van der Waals surface area contributed by atoms with Crippen LogP contribution in [0.15, 0.2) is 59.7 Å². The Hall–Kier alpha value is -1.80. The third-order valence-electron chi connectivity index (χ3n) is 10.2. The predicted molar refractivity (Wildman–Crippen MR) is 174 cm³/mol. The summed E-state index contributed by atoms with van der Waals surface area (Å²) >= 11 is 1.88. The molecule has 1 aromatic heterocycles. The van der Waals surface area contributed by atoms with E-state index in [-0.39, 0.29) is 10.8 Å². The fraction of sp³-hybridized carbons (Fsp3) is 0.622. The highest BCUT2D eigenvalue weighted by Crippen LogP contribution is 2.63. The summed E-state index contributed by atoms with van der Waals surface area (Å²) in [6, 6.07) is 2.32. The second-order valence-electron chi connectivity index (χ2n) is 14.9. The Morgan fingerprint density at radius 3 is 2.56 bits per heavy atom. The van der Waals surface area contributed by atoms with Gasteiger partial charge in [-0.15, -0.1) is 11.3 Å². The Labute approximate surface area is 244 Å². The first-order valence-corrected chi connectivity index (χ1v) is 16.4. The molecule has 2 fully saturated rings. The van der Waals surface area contributed by atoms with E-state index in [4.69, 9.17) is 12.3 Å². The number of thiophene rings is 1. The van der Waals surface area contributed by atoms with Crippen LogP contribution < -0.4 is 5.73 Å². The highest BCUT2D eigenvalue weighted by atomic mass is 32.1. The first kappa shape index (κ1) is 30.2. The standard InChI is InChI=1S/C37H55NS/c1-10-31-33-21-25(2)30(24-35(5,6)7)32(37(31,23-27(4)38)19-14-18-36(33,8)9)22-26(3)34-29(17-20-39-34)28-15-12-11-13-16-28/h10,12,15-17,20,23,25,30,32-33H,3,11,13-14,18-19,21-22,24,38H2,1-2,4-9H3/b27-23-,31-10+. The number of rotatable bonds is 6. The first-order chi connectivity index (χ1) is 18.3. The molecule has 0 aliphatic heterocycles. The molecular formula is C37H55NS. The van der Waals surface area contributed by atoms with Gasteiger partial charge >= 0.3 is 0 Å². The van der Waals surface area contributed by atoms with Crippen molar-refractivity contribution in [2.75, 3.05) is 0 Å². The SMILES string of the molecule is C=C(CC1C(CC(C)(C)C)C(C)CC2/C(=C\C)C1(/C=C(/C)N)CCCC2(C)C)c1sccc1C1=CCCC=C1. The minimum absolute atomic E-state index is 0.0168. The highest BCUT2D eigenvalue weighted by molar-refractivity contribution is 7.11. The predicted octanol–water partition coefficient (Wildman–Crippen LogP) is 11.2. The topological polar surface area (TPSA) is 26.0 Å². The van der Waals surface area contributed by atoms with Crippen LogP contribution in [0.25, 0.3) is 11.1 Å². The van der Waals surface area contributed by atoms with Crippen molar-refractivity contribution in [3.63, 3.8) is 0 Å². The van der Waals surface area contributed by atoms with Crippen molar-refractivity contribution in [2.45, 2.75) is 107 Å². The van der Waals surface area contributed by atoms with Crippen molar-refractivity contribution >= 4 is 22.5 Å². The molecule has 2 heteroatoms. The average molecular weight is 546 g/mol. The monoisotopic (exact) mass is 545 g/mol. The Morgan fingerprint density at radius 1 is 1.21 bits per heavy atom. The molecule has 2 N–H and O–H groups in total. The summed E-state index contributed by atoms with van der Waals surface area (Å²) in [7, 11) is 0. The maximum atomic E-state index is 6.66. The summed E-state index contributed by atoms with van der Waals surface area (Å²) in [6.07, 6.45) is 21.6. The van der Waals surface area contributed by atoms with Crippen LogP contribution in [-0.2, 0) is 0 Å². The summed E-state index contributed by atoms with van der Waals surface area (Å²) in [6.45, 7) is 24.2. The van der Waals surface area contributed by atoms with Gasteiger partial charge in [0.25, 0.3) is 0 Å². The van der Waals surface area contributed by atoms with Crippen molar-refractivity contribution < 1.29 is 0 Å². The number of hydrogen-bond acceptors (Lipinski definition) is 2. The molecule has 0 saturated heterocycles. The zero-order valence-corrected chi connectivity index (χ0v) is 27.0. The fourth-order valence-corrected chi connectivity index (χ4v) is 9.48. The minimum atomic E-state index is -0.0168. The number of fused-ring (bicyclic) bond motifs is 2. The van der Waals surface area contributed by atoms with Crippen LogP contribution in [0.3, 0.4) is 0 Å². The number of nitrogens with two attached hydrogens (primary N) is 1. The van der Waals surface area contributed by atoms with Crippen LogP contribution in [-0.4, -0.2) is 0 Å². The third-order valence-corrected chi connectivity index (χ3v) is 11.2. The molecule has 0 aromatic carbocycles. The molecule has 0 radical (unpaired) electrons. The number of allylic oxidation sites excluding steroid dienone is 9. The molecule has 5 atom stereocenters. The van der Waals surface area contributed by atoms with Gasteiger partial charge in [-0.3, -0.25) is 0 Å². The molecule has 1 nitrogen and oxygen atoms in total. The molecule has 0 amide bonds. The van der Waals surface area contributed by atoms with E-state index in [0.29, 0.717) is 29.1 Å². The Morgan fingerprint density at radius 2 is 1.95 bits per heavy atom. The lowest BCUT2D eigenvalue weighted by atomic mass is 9.57. The molecular weight excluding hydrogens is 490 g/mol. The average Bonchev–Trinajstić information content (AvgIpc) is 3.28. The summed E-state index contributed by atoms with van der Waals surface area (Å²) in [5.74, 6) is 2.34. The third kappa shape index (κ3) is 6.27. The second-order valence-corrected chi connectivity index (χ2v) is 15.8. The van der Waals surface area contributed by atoms with Crippen LogP contribution in [0.4, 0.5) is 0 Å². The fourth-order valence-electron chi connectivity index (χ4n) is 8.58. The van der Waals surface area contributed by atoms with Crippen LogP contribution >= 0.6 is 11.3 Å². The molecule has 2 saturated carbocycles. The molecule has 0 spiro atoms. The zero-order chi connectivity index (χ0) is 28.6. The molecule has 1 aromatic rings. The van der Waals surface area contributed by atoms with Crippen molar-refractivity contribution in [1.29, 1.82) is 0 Å². The van der Waals surface area contributed by atoms with E-state index < -0.39 is 0 Å². The molecule has 5 unspecified atom stereocenters. The summed E-state index contributed by atoms with van der Waals surface area (Å²) in [4.78, 5) is 1.38. The molecule has 4 rings (SSSR count). The van der Waals surface area contributed by atoms with E-state index in [9.17, 15) is 0 Å². The molecule has 2 bridgehead atoms. The van der Waals surface area contributed by atoms with Crippen LogP contribution in [0.1, 0.15) is 117 Å². The summed E-state index contributed by atoms with van der Waals surface area (Å²) in [5, 5.41) is 2.27. The van der Waals surface area contributed by atoms with Crippen LogP contribution in [0.5, 0.6) is 0 Å². The summed E-state index contributed by atoms with van der Waals surface area (Å²) < 4.78 is 0. The normalized spacial score (nSPS) is 32.5. The lowest BCUT2D eigenvalue weighted by Crippen LogP contribution is -2.39. The van der Waals surface area contributed by atoms with E-state index in [1.807, 2.05) is 11.3 Å². The van der Waals surface area contributed by atoms with E-state index in [1.165, 1.54) is 53.7 Å². The summed E-state index contributed by atoms with van der Waals surface area (Å²) in [5.41, 5.74) is 13.9. The first-order valence-electron chi connectivity index (χ1n) is 15.5. The second kappa shape index (κ2) is 11.6. The van der Waals surface area contributed by atoms with Gasteiger partial charge in [-0.25, -0.2) is 0 Å². The van der Waals surface area contributed by atoms with E-state index >= 15 is 0 Å². The maximum absolute atomic E-state index is 6.66. The minimum Gasteiger partial charge on any atom is -0.402 e. The highest BCUT2D eigenvalue weighted by Gasteiger charge is 2.54. The van der Waals surface area contributed by atoms with Gasteiger partial charge in [-0.05, 0) is 121 Å². The molecule has 214 valence electrons. The van der Waals surface area contributed by atoms with Gasteiger partial charge in [0, 0.05) is 16.0 Å². The van der Waals surface area contributed by atoms with E-state index in [0.717, 1.165) is 25.0 Å². The van der Waals surface area contributed by atoms with Crippen molar-refractivity contribution in [1.82, 2.24) is 0 Å². The smallest absolute Gasteiger partial charge is 0.0374 e. The van der Waals surface area contributed by atoms with Gasteiger partial charge < -0.3 is 5.73 Å². The van der Waals surface area contributed by atoms with Gasteiger partial charge in [0.15, 0.2) is 0 Å². The van der Waals surface area contributed by atoms with Gasteiger partial charge in [0.05, 0.1) is 0 Å². The lowest BCUT2D eigenvalue weighted by molar-refractivity contribution is 0.0963. The molecule has 39 heavy (non-hydrogen) atoms. The Bertz CT molecular complexity index is 1160. The maximum Gasteiger partial charge on any atom is 0.0374 e. The van der Waals surface area contributed by atoms with Crippen molar-refractivity contribution in [3.05, 3.63) is 70.1 Å². The van der Waals surface area contributed by atoms with Crippen molar-refractivity contribution in [2.24, 2.45) is 45.7 Å². The van der Waals surface area contributed by atoms with Gasteiger partial charge in [0.2, 0.25) is 0 Å². The van der Waals surface area contributed by atoms with Crippen LogP contribution in [0.2, 0.25) is 0 Å². The molecule has 3 aliphatic rings. The largest absolute Gasteiger partial charge is 0.402 e. The molecule has 1 heterocycles. The van der Waals surface area contributed by atoms with E-state index in [2.05, 4.69) is 97.2 Å². The van der Waals surface area contributed by atoms with Gasteiger partial charge in [-0.1, -0.05) is 90.5 Å². The van der Waals surface area contributed by atoms with Crippen LogP contribution in [0, 0.1) is 39.9 Å². The molecule has 3 aliphatic carbocycles. The zero-order valence-electron chi connectivity index (χ0n) is 26.2. The number of hydrogen-bond donors (Lipinski definition) is 1. The van der Waals surface area contributed by atoms with Gasteiger partial charge in [0.1, 0.15) is 0 Å². The Kier molecular flexibility index (Phi) is 8.97. The Balaban J connectivity index is 1.88. The quantitative estimate of drug-likeness (QED) is 0.353. The lowest BCUT2D eigenvalue weighted by Gasteiger charge is -2.46.